The molecule has 2 aromatic rings. The summed E-state index contributed by atoms with van der Waals surface area (Å²) in [6, 6.07) is 9.56. The molecule has 0 aliphatic rings. The Labute approximate surface area is 112 Å². The molecule has 0 spiro atoms. The van der Waals surface area contributed by atoms with E-state index in [1.165, 1.54) is 0 Å². The van der Waals surface area contributed by atoms with E-state index >= 15 is 0 Å². The normalized spacial score (nSPS) is 10.7. The number of nitrogens with zero attached hydrogens (tertiary/aromatic N) is 3. The molecule has 2 rings (SSSR count). The van der Waals surface area contributed by atoms with Gasteiger partial charge in [-0.15, -0.1) is 0 Å². The van der Waals surface area contributed by atoms with Crippen molar-refractivity contribution in [3.05, 3.63) is 47.3 Å². The van der Waals surface area contributed by atoms with Crippen LogP contribution in [0.25, 0.3) is 0 Å². The van der Waals surface area contributed by atoms with Crippen LogP contribution in [0.15, 0.2) is 35.4 Å². The zero-order valence-electron chi connectivity index (χ0n) is 11.2. The number of anilines is 1. The summed E-state index contributed by atoms with van der Waals surface area (Å²) < 4.78 is 5.24. The van der Waals surface area contributed by atoms with Gasteiger partial charge in [0.1, 0.15) is 5.75 Å². The highest BCUT2D eigenvalue weighted by atomic mass is 16.5. The van der Waals surface area contributed by atoms with Crippen LogP contribution in [0.3, 0.4) is 0 Å². The zero-order chi connectivity index (χ0) is 13.7. The SMILES string of the molecule is COc1ccccc1/C=N/Nc1nc(C)cc(C)n1. The lowest BCUT2D eigenvalue weighted by atomic mass is 10.2. The van der Waals surface area contributed by atoms with Crippen LogP contribution < -0.4 is 10.2 Å². The summed E-state index contributed by atoms with van der Waals surface area (Å²) in [7, 11) is 1.63. The molecule has 0 saturated heterocycles. The number of nitrogens with one attached hydrogen (secondary N) is 1. The quantitative estimate of drug-likeness (QED) is 0.674. The number of rotatable bonds is 4. The van der Waals surface area contributed by atoms with Crippen molar-refractivity contribution in [3.8, 4) is 5.75 Å². The van der Waals surface area contributed by atoms with E-state index in [0.717, 1.165) is 22.7 Å². The van der Waals surface area contributed by atoms with E-state index in [1.807, 2.05) is 44.2 Å². The first-order chi connectivity index (χ1) is 9.19. The van der Waals surface area contributed by atoms with Gasteiger partial charge < -0.3 is 4.74 Å². The maximum absolute atomic E-state index is 5.24. The van der Waals surface area contributed by atoms with E-state index in [2.05, 4.69) is 20.5 Å². The maximum Gasteiger partial charge on any atom is 0.243 e. The van der Waals surface area contributed by atoms with Gasteiger partial charge in [-0.25, -0.2) is 15.4 Å². The standard InChI is InChI=1S/C14H16N4O/c1-10-8-11(2)17-14(16-10)18-15-9-12-6-4-5-7-13(12)19-3/h4-9H,1-3H3,(H,16,17,18)/b15-9+. The molecular weight excluding hydrogens is 240 g/mol. The molecule has 0 aliphatic heterocycles. The summed E-state index contributed by atoms with van der Waals surface area (Å²) in [6.45, 7) is 3.84. The molecule has 0 saturated carbocycles. The van der Waals surface area contributed by atoms with Crippen LogP contribution in [-0.4, -0.2) is 23.3 Å². The summed E-state index contributed by atoms with van der Waals surface area (Å²) in [5.41, 5.74) is 5.52. The molecule has 1 aromatic heterocycles. The van der Waals surface area contributed by atoms with Crippen molar-refractivity contribution in [2.24, 2.45) is 5.10 Å². The molecule has 0 atom stereocenters. The number of hydrogen-bond donors (Lipinski definition) is 1. The van der Waals surface area contributed by atoms with Crippen LogP contribution in [0.5, 0.6) is 5.75 Å². The van der Waals surface area contributed by atoms with Crippen molar-refractivity contribution in [1.82, 2.24) is 9.97 Å². The highest BCUT2D eigenvalue weighted by Crippen LogP contribution is 2.14. The van der Waals surface area contributed by atoms with Crippen molar-refractivity contribution in [2.45, 2.75) is 13.8 Å². The Morgan fingerprint density at radius 2 is 1.84 bits per heavy atom. The van der Waals surface area contributed by atoms with Crippen LogP contribution >= 0.6 is 0 Å². The summed E-state index contributed by atoms with van der Waals surface area (Å²) >= 11 is 0. The Balaban J connectivity index is 2.11. The third kappa shape index (κ3) is 3.51. The molecule has 1 heterocycles. The molecule has 0 unspecified atom stereocenters. The van der Waals surface area contributed by atoms with Gasteiger partial charge in [0.2, 0.25) is 5.95 Å². The molecule has 5 nitrogen and oxygen atoms in total. The van der Waals surface area contributed by atoms with E-state index in [4.69, 9.17) is 4.74 Å². The van der Waals surface area contributed by atoms with Gasteiger partial charge in [0.25, 0.3) is 0 Å². The van der Waals surface area contributed by atoms with Gasteiger partial charge in [0, 0.05) is 17.0 Å². The van der Waals surface area contributed by atoms with Gasteiger partial charge in [-0.1, -0.05) is 12.1 Å². The predicted molar refractivity (Wildman–Crippen MR) is 75.7 cm³/mol. The Hall–Kier alpha value is -2.43. The Morgan fingerprint density at radius 3 is 2.53 bits per heavy atom. The van der Waals surface area contributed by atoms with Crippen molar-refractivity contribution in [2.75, 3.05) is 12.5 Å². The minimum absolute atomic E-state index is 0.489. The van der Waals surface area contributed by atoms with Crippen molar-refractivity contribution in [1.29, 1.82) is 0 Å². The van der Waals surface area contributed by atoms with Crippen molar-refractivity contribution < 1.29 is 4.74 Å². The van der Waals surface area contributed by atoms with E-state index in [-0.39, 0.29) is 0 Å². The van der Waals surface area contributed by atoms with E-state index < -0.39 is 0 Å². The number of ether oxygens (including phenoxy) is 1. The monoisotopic (exact) mass is 256 g/mol. The van der Waals surface area contributed by atoms with Crippen molar-refractivity contribution in [3.63, 3.8) is 0 Å². The number of hydrazone groups is 1. The fourth-order valence-electron chi connectivity index (χ4n) is 1.71. The number of para-hydroxylation sites is 1. The molecule has 1 aromatic carbocycles. The fourth-order valence-corrected chi connectivity index (χ4v) is 1.71. The third-order valence-electron chi connectivity index (χ3n) is 2.49. The lowest BCUT2D eigenvalue weighted by molar-refractivity contribution is 0.414. The van der Waals surface area contributed by atoms with Crippen LogP contribution in [-0.2, 0) is 0 Å². The molecule has 1 N–H and O–H groups in total. The minimum atomic E-state index is 0.489. The summed E-state index contributed by atoms with van der Waals surface area (Å²) in [6.07, 6.45) is 1.68. The highest BCUT2D eigenvalue weighted by molar-refractivity contribution is 5.83. The molecule has 0 aliphatic carbocycles. The van der Waals surface area contributed by atoms with Gasteiger partial charge in [0.05, 0.1) is 13.3 Å². The minimum Gasteiger partial charge on any atom is -0.496 e. The van der Waals surface area contributed by atoms with Gasteiger partial charge in [0.15, 0.2) is 0 Å². The number of benzene rings is 1. The second-order valence-corrected chi connectivity index (χ2v) is 4.09. The second-order valence-electron chi connectivity index (χ2n) is 4.09. The van der Waals surface area contributed by atoms with E-state index in [9.17, 15) is 0 Å². The number of aryl methyl sites for hydroxylation is 2. The maximum atomic E-state index is 5.24. The number of hydrogen-bond acceptors (Lipinski definition) is 5. The summed E-state index contributed by atoms with van der Waals surface area (Å²) in [4.78, 5) is 8.48. The highest BCUT2D eigenvalue weighted by Gasteiger charge is 1.99. The largest absolute Gasteiger partial charge is 0.496 e. The van der Waals surface area contributed by atoms with Crippen LogP contribution in [0, 0.1) is 13.8 Å². The van der Waals surface area contributed by atoms with Gasteiger partial charge in [-0.05, 0) is 32.0 Å². The lowest BCUT2D eigenvalue weighted by Crippen LogP contribution is -2.00. The Morgan fingerprint density at radius 1 is 1.16 bits per heavy atom. The first-order valence-corrected chi connectivity index (χ1v) is 5.93. The van der Waals surface area contributed by atoms with E-state index in [0.29, 0.717) is 5.95 Å². The number of aromatic nitrogens is 2. The molecule has 98 valence electrons. The molecular formula is C14H16N4O. The van der Waals surface area contributed by atoms with Crippen molar-refractivity contribution >= 4 is 12.2 Å². The van der Waals surface area contributed by atoms with Crippen LogP contribution in [0.4, 0.5) is 5.95 Å². The Kier molecular flexibility index (Phi) is 4.07. The zero-order valence-corrected chi connectivity index (χ0v) is 11.2. The molecule has 0 bridgehead atoms. The fraction of sp³-hybridized carbons (Fsp3) is 0.214. The molecule has 0 radical (unpaired) electrons. The summed E-state index contributed by atoms with van der Waals surface area (Å²) in [5.74, 6) is 1.26. The van der Waals surface area contributed by atoms with Crippen LogP contribution in [0.2, 0.25) is 0 Å². The Bertz CT molecular complexity index is 575. The lowest BCUT2D eigenvalue weighted by Gasteiger charge is -2.04. The molecule has 0 fully saturated rings. The average molecular weight is 256 g/mol. The molecule has 5 heteroatoms. The predicted octanol–water partition coefficient (Wildman–Crippen LogP) is 2.55. The topological polar surface area (TPSA) is 59.4 Å². The number of methoxy groups -OCH3 is 1. The molecule has 0 amide bonds. The second kappa shape index (κ2) is 5.95. The summed E-state index contributed by atoms with van der Waals surface area (Å²) in [5, 5.41) is 4.12. The van der Waals surface area contributed by atoms with Gasteiger partial charge >= 0.3 is 0 Å². The van der Waals surface area contributed by atoms with Gasteiger partial charge in [-0.2, -0.15) is 5.10 Å². The van der Waals surface area contributed by atoms with E-state index in [1.54, 1.807) is 13.3 Å². The van der Waals surface area contributed by atoms with Crippen LogP contribution in [0.1, 0.15) is 17.0 Å². The van der Waals surface area contributed by atoms with Gasteiger partial charge in [-0.3, -0.25) is 0 Å². The average Bonchev–Trinajstić information content (AvgIpc) is 2.38. The molecule has 19 heavy (non-hydrogen) atoms. The first-order valence-electron chi connectivity index (χ1n) is 5.93. The first kappa shape index (κ1) is 13.0. The third-order valence-corrected chi connectivity index (χ3v) is 2.49. The smallest absolute Gasteiger partial charge is 0.243 e.